The topological polar surface area (TPSA) is 100.0 Å². The Morgan fingerprint density at radius 3 is 2.43 bits per heavy atom. The second-order valence-electron chi connectivity index (χ2n) is 9.10. The second-order valence-corrected chi connectivity index (χ2v) is 9.82. The number of thiazole rings is 1. The summed E-state index contributed by atoms with van der Waals surface area (Å²) in [4.78, 5) is 27.4. The Bertz CT molecular complexity index is 1060. The number of rotatable bonds is 5. The van der Waals surface area contributed by atoms with Crippen molar-refractivity contribution in [3.05, 3.63) is 51.7 Å². The van der Waals surface area contributed by atoms with Crippen LogP contribution in [0.3, 0.4) is 0 Å². The molecule has 0 amide bonds. The molecule has 2 fully saturated rings. The van der Waals surface area contributed by atoms with Crippen molar-refractivity contribution < 1.29 is 42.1 Å². The fourth-order valence-electron chi connectivity index (χ4n) is 5.40. The van der Waals surface area contributed by atoms with E-state index in [4.69, 9.17) is 14.6 Å². The highest BCUT2D eigenvalue weighted by molar-refractivity contribution is 7.07. The van der Waals surface area contributed by atoms with Gasteiger partial charge in [0.1, 0.15) is 5.82 Å². The molecule has 3 unspecified atom stereocenters. The summed E-state index contributed by atoms with van der Waals surface area (Å²) >= 11 is 1.50. The number of aromatic nitrogens is 1. The van der Waals surface area contributed by atoms with E-state index in [1.807, 2.05) is 11.4 Å². The summed E-state index contributed by atoms with van der Waals surface area (Å²) in [5, 5.41) is 18.8. The fraction of sp³-hybridized carbons (Fsp3) is 0.522. The zero-order chi connectivity index (χ0) is 25.4. The number of carboxylic acid groups (broad SMARTS) is 2. The molecule has 190 valence electrons. The highest BCUT2D eigenvalue weighted by atomic mass is 32.1. The molecule has 1 aromatic heterocycles. The van der Waals surface area contributed by atoms with Crippen molar-refractivity contribution in [2.45, 2.75) is 62.6 Å². The number of carbonyl (C=O) groups is 2. The minimum absolute atomic E-state index is 0.215. The van der Waals surface area contributed by atoms with Gasteiger partial charge in [-0.05, 0) is 48.9 Å². The van der Waals surface area contributed by atoms with E-state index < -0.39 is 29.6 Å². The normalized spacial score (nSPS) is 26.2. The van der Waals surface area contributed by atoms with Gasteiger partial charge in [-0.15, -0.1) is 11.3 Å². The lowest BCUT2D eigenvalue weighted by atomic mass is 9.79. The zero-order valence-electron chi connectivity index (χ0n) is 18.5. The molecule has 3 aliphatic heterocycles. The predicted octanol–water partition coefficient (Wildman–Crippen LogP) is 4.21. The third-order valence-corrected chi connectivity index (χ3v) is 7.57. The number of nitrogens with zero attached hydrogens (tertiary/aromatic N) is 2. The Kier molecular flexibility index (Phi) is 7.16. The lowest BCUT2D eigenvalue weighted by Crippen LogP contribution is -2.51. The van der Waals surface area contributed by atoms with Crippen LogP contribution in [0, 0.1) is 11.7 Å². The highest BCUT2D eigenvalue weighted by Crippen LogP contribution is 2.52. The van der Waals surface area contributed by atoms with Crippen molar-refractivity contribution >= 4 is 23.3 Å². The molecule has 2 N–H and O–H groups in total. The maximum Gasteiger partial charge on any atom is 0.490 e. The van der Waals surface area contributed by atoms with Crippen LogP contribution in [0.5, 0.6) is 0 Å². The first-order valence-corrected chi connectivity index (χ1v) is 12.0. The van der Waals surface area contributed by atoms with E-state index in [1.165, 1.54) is 17.4 Å². The lowest BCUT2D eigenvalue weighted by molar-refractivity contribution is -0.192. The molecule has 0 aliphatic carbocycles. The molecular weight excluding hydrogens is 492 g/mol. The van der Waals surface area contributed by atoms with E-state index in [0.717, 1.165) is 42.5 Å². The van der Waals surface area contributed by atoms with Crippen LogP contribution in [0.1, 0.15) is 42.5 Å². The van der Waals surface area contributed by atoms with E-state index >= 15 is 0 Å². The first-order valence-electron chi connectivity index (χ1n) is 11.1. The van der Waals surface area contributed by atoms with Crippen LogP contribution in [0.25, 0.3) is 0 Å². The second kappa shape index (κ2) is 9.82. The predicted molar refractivity (Wildman–Crippen MR) is 116 cm³/mol. The number of fused-ring (bicyclic) bond motifs is 4. The van der Waals surface area contributed by atoms with Gasteiger partial charge in [0.25, 0.3) is 0 Å². The molecule has 1 aromatic carbocycles. The minimum atomic E-state index is -5.08. The fourth-order valence-corrected chi connectivity index (χ4v) is 5.97. The lowest BCUT2D eigenvalue weighted by Gasteiger charge is -2.45. The smallest absolute Gasteiger partial charge is 0.481 e. The van der Waals surface area contributed by atoms with Crippen molar-refractivity contribution in [2.24, 2.45) is 5.92 Å². The minimum Gasteiger partial charge on any atom is -0.481 e. The van der Waals surface area contributed by atoms with Crippen LogP contribution < -0.4 is 0 Å². The zero-order valence-corrected chi connectivity index (χ0v) is 19.3. The number of piperidine rings is 1. The number of benzene rings is 1. The molecule has 0 saturated carbocycles. The molecule has 1 spiro atoms. The molecule has 12 heteroatoms. The van der Waals surface area contributed by atoms with Crippen molar-refractivity contribution in [3.63, 3.8) is 0 Å². The van der Waals surface area contributed by atoms with Crippen molar-refractivity contribution in [3.8, 4) is 0 Å². The van der Waals surface area contributed by atoms with Crippen LogP contribution in [-0.4, -0.2) is 56.8 Å². The maximum atomic E-state index is 13.9. The van der Waals surface area contributed by atoms with Gasteiger partial charge in [-0.2, -0.15) is 13.2 Å². The molecule has 2 bridgehead atoms. The summed E-state index contributed by atoms with van der Waals surface area (Å²) in [6.07, 6.45) is -0.913. The summed E-state index contributed by atoms with van der Waals surface area (Å²) < 4.78 is 51.9. The number of hydrogen-bond acceptors (Lipinski definition) is 6. The van der Waals surface area contributed by atoms with Gasteiger partial charge >= 0.3 is 18.1 Å². The van der Waals surface area contributed by atoms with Gasteiger partial charge in [-0.25, -0.2) is 14.2 Å². The molecule has 35 heavy (non-hydrogen) atoms. The molecule has 4 heterocycles. The number of hydrogen-bond donors (Lipinski definition) is 2. The summed E-state index contributed by atoms with van der Waals surface area (Å²) in [5.74, 6) is -4.20. The molecule has 7 nitrogen and oxygen atoms in total. The number of carboxylic acids is 2. The summed E-state index contributed by atoms with van der Waals surface area (Å²) in [5.41, 5.74) is 4.27. The number of halogens is 4. The number of ether oxygens (including phenoxy) is 1. The van der Waals surface area contributed by atoms with Gasteiger partial charge in [0.15, 0.2) is 0 Å². The van der Waals surface area contributed by atoms with Crippen molar-refractivity contribution in [2.75, 3.05) is 6.54 Å². The molecule has 3 atom stereocenters. The molecule has 0 radical (unpaired) electrons. The van der Waals surface area contributed by atoms with E-state index in [9.17, 15) is 27.5 Å². The average Bonchev–Trinajstić information content (AvgIpc) is 3.46. The van der Waals surface area contributed by atoms with Gasteiger partial charge in [0.05, 0.1) is 29.3 Å². The molecule has 5 rings (SSSR count). The van der Waals surface area contributed by atoms with Gasteiger partial charge in [-0.3, -0.25) is 9.69 Å². The van der Waals surface area contributed by atoms with E-state index in [1.54, 1.807) is 11.6 Å². The Balaban J connectivity index is 0.000000364. The molecule has 2 aromatic rings. The Morgan fingerprint density at radius 1 is 1.23 bits per heavy atom. The van der Waals surface area contributed by atoms with Crippen LogP contribution in [0.15, 0.2) is 29.1 Å². The Hall–Kier alpha value is -2.57. The molecule has 3 aliphatic rings. The van der Waals surface area contributed by atoms with Crippen LogP contribution in [0.2, 0.25) is 0 Å². The van der Waals surface area contributed by atoms with Crippen LogP contribution in [0.4, 0.5) is 17.6 Å². The first-order chi connectivity index (χ1) is 16.5. The van der Waals surface area contributed by atoms with Gasteiger partial charge < -0.3 is 14.9 Å². The summed E-state index contributed by atoms with van der Waals surface area (Å²) in [7, 11) is 0. The first kappa shape index (κ1) is 25.5. The number of alkyl halides is 3. The van der Waals surface area contributed by atoms with Gasteiger partial charge in [-0.1, -0.05) is 6.07 Å². The largest absolute Gasteiger partial charge is 0.490 e. The van der Waals surface area contributed by atoms with Crippen LogP contribution >= 0.6 is 11.3 Å². The third-order valence-electron chi connectivity index (χ3n) is 6.93. The van der Waals surface area contributed by atoms with Crippen LogP contribution in [-0.2, 0) is 33.0 Å². The van der Waals surface area contributed by atoms with E-state index in [0.29, 0.717) is 19.6 Å². The monoisotopic (exact) mass is 516 g/mol. The van der Waals surface area contributed by atoms with Gasteiger partial charge in [0, 0.05) is 30.4 Å². The molecular formula is C23H24F4N2O5S. The number of aliphatic carboxylic acids is 2. The summed E-state index contributed by atoms with van der Waals surface area (Å²) in [6, 6.07) is 5.54. The maximum absolute atomic E-state index is 13.9. The van der Waals surface area contributed by atoms with Crippen molar-refractivity contribution in [1.82, 2.24) is 9.88 Å². The van der Waals surface area contributed by atoms with Crippen molar-refractivity contribution in [1.29, 1.82) is 0 Å². The Morgan fingerprint density at radius 2 is 1.89 bits per heavy atom. The standard InChI is InChI=1S/C21H23FN2O3S.C2HF3O2/c22-15-2-1-13-10-27-21(19(13)6-15)7-17-3-4-18(8-21)24(17)9-14(20(25)26)5-16-11-28-12-23-16;3-2(4,5)1(6)7/h1-2,6,11-12,14,17-18H,3-5,7-10H2,(H,25,26);(H,6,7). The SMILES string of the molecule is O=C(O)C(Cc1cscn1)CN1C2CCC1CC1(C2)OCc2ccc(F)cc21.O=C(O)C(F)(F)F. The van der Waals surface area contributed by atoms with Gasteiger partial charge in [0.2, 0.25) is 0 Å². The van der Waals surface area contributed by atoms with E-state index in [-0.39, 0.29) is 17.9 Å². The highest BCUT2D eigenvalue weighted by Gasteiger charge is 2.53. The quantitative estimate of drug-likeness (QED) is 0.575. The third kappa shape index (κ3) is 5.49. The van der Waals surface area contributed by atoms with E-state index in [2.05, 4.69) is 9.88 Å². The Labute approximate surface area is 202 Å². The molecule has 2 saturated heterocycles. The average molecular weight is 517 g/mol. The summed E-state index contributed by atoms with van der Waals surface area (Å²) in [6.45, 7) is 1.07.